The molecule has 2 nitrogen and oxygen atoms in total. The highest BCUT2D eigenvalue weighted by atomic mass is 35.5. The van der Waals surface area contributed by atoms with Gasteiger partial charge in [0.15, 0.2) is 0 Å². The summed E-state index contributed by atoms with van der Waals surface area (Å²) in [5, 5.41) is 0. The molecule has 0 heterocycles. The maximum absolute atomic E-state index is 2.29. The fraction of sp³-hybridized carbons (Fsp3) is 0.478. The molecule has 2 aromatic rings. The van der Waals surface area contributed by atoms with Crippen LogP contribution in [0.25, 0.3) is 0 Å². The zero-order chi connectivity index (χ0) is 18.8. The van der Waals surface area contributed by atoms with E-state index in [4.69, 9.17) is 0 Å². The van der Waals surface area contributed by atoms with E-state index in [1.54, 1.807) is 0 Å². The van der Waals surface area contributed by atoms with Crippen molar-refractivity contribution in [1.82, 2.24) is 0 Å². The van der Waals surface area contributed by atoms with Gasteiger partial charge in [0.1, 0.15) is 13.1 Å². The first-order valence-corrected chi connectivity index (χ1v) is 9.57. The summed E-state index contributed by atoms with van der Waals surface area (Å²) in [6, 6.07) is 21.4. The van der Waals surface area contributed by atoms with E-state index >= 15 is 0 Å². The highest BCUT2D eigenvalue weighted by Crippen LogP contribution is 2.13. The molecule has 0 aliphatic rings. The third-order valence-electron chi connectivity index (χ3n) is 4.87. The first kappa shape index (κ1) is 28.2. The zero-order valence-electron chi connectivity index (χ0n) is 18.0. The van der Waals surface area contributed by atoms with Crippen molar-refractivity contribution < 1.29 is 33.8 Å². The Morgan fingerprint density at radius 2 is 0.889 bits per heavy atom. The number of hydrogen-bond donors (Lipinski definition) is 0. The third kappa shape index (κ3) is 11.4. The van der Waals surface area contributed by atoms with Crippen molar-refractivity contribution in [2.45, 2.75) is 33.9 Å². The first-order valence-electron chi connectivity index (χ1n) is 9.57. The predicted molar refractivity (Wildman–Crippen MR) is 110 cm³/mol. The van der Waals surface area contributed by atoms with Crippen LogP contribution >= 0.6 is 0 Å². The molecular formula is C23H38Cl2N2. The summed E-state index contributed by atoms with van der Waals surface area (Å²) in [5.74, 6) is 0. The molecule has 27 heavy (non-hydrogen) atoms. The molecule has 0 N–H and O–H groups in total. The SMILES string of the molecule is CC[N+](CC)(CC)Cc1ccccc1.C[N+](C)(C)Cc1ccccc1.[Cl-].[Cl-]. The zero-order valence-corrected chi connectivity index (χ0v) is 19.5. The molecule has 0 atom stereocenters. The van der Waals surface area contributed by atoms with Gasteiger partial charge in [0.25, 0.3) is 0 Å². The fourth-order valence-corrected chi connectivity index (χ4v) is 3.11. The summed E-state index contributed by atoms with van der Waals surface area (Å²) in [5.41, 5.74) is 2.86. The van der Waals surface area contributed by atoms with E-state index in [1.165, 1.54) is 41.8 Å². The monoisotopic (exact) mass is 412 g/mol. The van der Waals surface area contributed by atoms with E-state index in [2.05, 4.69) is 103 Å². The van der Waals surface area contributed by atoms with Gasteiger partial charge >= 0.3 is 0 Å². The normalized spacial score (nSPS) is 10.7. The van der Waals surface area contributed by atoms with Gasteiger partial charge < -0.3 is 33.8 Å². The Bertz CT molecular complexity index is 568. The number of nitrogens with zero attached hydrogens (tertiary/aromatic N) is 2. The molecule has 0 spiro atoms. The summed E-state index contributed by atoms with van der Waals surface area (Å²) in [4.78, 5) is 0. The van der Waals surface area contributed by atoms with Crippen molar-refractivity contribution in [2.24, 2.45) is 0 Å². The van der Waals surface area contributed by atoms with Gasteiger partial charge in [-0.1, -0.05) is 60.7 Å². The van der Waals surface area contributed by atoms with Crippen LogP contribution in [0.3, 0.4) is 0 Å². The fourth-order valence-electron chi connectivity index (χ4n) is 3.11. The van der Waals surface area contributed by atoms with E-state index in [0.717, 1.165) is 11.0 Å². The van der Waals surface area contributed by atoms with Crippen LogP contribution in [0.4, 0.5) is 0 Å². The van der Waals surface area contributed by atoms with Gasteiger partial charge in [0.2, 0.25) is 0 Å². The van der Waals surface area contributed by atoms with Crippen LogP contribution in [0.2, 0.25) is 0 Å². The second-order valence-electron chi connectivity index (χ2n) is 7.87. The Hall–Kier alpha value is -1.06. The highest BCUT2D eigenvalue weighted by molar-refractivity contribution is 5.14. The molecule has 154 valence electrons. The van der Waals surface area contributed by atoms with Gasteiger partial charge in [-0.3, -0.25) is 0 Å². The maximum atomic E-state index is 2.29. The minimum Gasteiger partial charge on any atom is -1.00 e. The summed E-state index contributed by atoms with van der Waals surface area (Å²) in [6.45, 7) is 12.8. The molecule has 0 aromatic heterocycles. The van der Waals surface area contributed by atoms with Gasteiger partial charge in [-0.15, -0.1) is 0 Å². The minimum absolute atomic E-state index is 0. The van der Waals surface area contributed by atoms with Crippen molar-refractivity contribution in [3.63, 3.8) is 0 Å². The van der Waals surface area contributed by atoms with E-state index < -0.39 is 0 Å². The van der Waals surface area contributed by atoms with Gasteiger partial charge in [-0.2, -0.15) is 0 Å². The third-order valence-corrected chi connectivity index (χ3v) is 4.87. The molecule has 0 aliphatic carbocycles. The van der Waals surface area contributed by atoms with Crippen LogP contribution in [0.1, 0.15) is 31.9 Å². The van der Waals surface area contributed by atoms with Crippen molar-refractivity contribution in [1.29, 1.82) is 0 Å². The van der Waals surface area contributed by atoms with Crippen LogP contribution in [0.15, 0.2) is 60.7 Å². The Balaban J connectivity index is 0. The lowest BCUT2D eigenvalue weighted by atomic mass is 10.2. The Morgan fingerprint density at radius 1 is 0.556 bits per heavy atom. The first-order chi connectivity index (χ1) is 11.8. The predicted octanol–water partition coefficient (Wildman–Crippen LogP) is -1.04. The van der Waals surface area contributed by atoms with E-state index in [0.29, 0.717) is 0 Å². The van der Waals surface area contributed by atoms with Crippen LogP contribution in [0.5, 0.6) is 0 Å². The van der Waals surface area contributed by atoms with Gasteiger partial charge in [0.05, 0.1) is 40.8 Å². The molecule has 0 radical (unpaired) electrons. The van der Waals surface area contributed by atoms with Crippen molar-refractivity contribution in [3.8, 4) is 0 Å². The van der Waals surface area contributed by atoms with E-state index in [9.17, 15) is 0 Å². The second kappa shape index (κ2) is 14.0. The lowest BCUT2D eigenvalue weighted by molar-refractivity contribution is -0.936. The number of quaternary nitrogens is 2. The van der Waals surface area contributed by atoms with Crippen LogP contribution < -0.4 is 24.8 Å². The number of rotatable bonds is 7. The summed E-state index contributed by atoms with van der Waals surface area (Å²) < 4.78 is 2.19. The van der Waals surface area contributed by atoms with Crippen molar-refractivity contribution in [3.05, 3.63) is 71.8 Å². The molecule has 0 amide bonds. The average Bonchev–Trinajstić information content (AvgIpc) is 2.61. The Kier molecular flexibility index (Phi) is 14.6. The van der Waals surface area contributed by atoms with Crippen LogP contribution in [-0.2, 0) is 13.1 Å². The molecule has 0 bridgehead atoms. The summed E-state index contributed by atoms with van der Waals surface area (Å²) >= 11 is 0. The molecular weight excluding hydrogens is 375 g/mol. The van der Waals surface area contributed by atoms with Crippen LogP contribution in [-0.4, -0.2) is 49.7 Å². The molecule has 2 rings (SSSR count). The van der Waals surface area contributed by atoms with Gasteiger partial charge in [-0.05, 0) is 20.8 Å². The van der Waals surface area contributed by atoms with Crippen molar-refractivity contribution in [2.75, 3.05) is 40.8 Å². The van der Waals surface area contributed by atoms with Crippen LogP contribution in [0, 0.1) is 0 Å². The molecule has 4 heteroatoms. The molecule has 0 unspecified atom stereocenters. The lowest BCUT2D eigenvalue weighted by Gasteiger charge is -2.35. The van der Waals surface area contributed by atoms with E-state index in [-0.39, 0.29) is 24.8 Å². The average molecular weight is 413 g/mol. The maximum Gasteiger partial charge on any atom is 0.104 e. The highest BCUT2D eigenvalue weighted by Gasteiger charge is 2.20. The molecule has 0 aliphatic heterocycles. The molecule has 0 fully saturated rings. The minimum atomic E-state index is 0. The number of halogens is 2. The molecule has 0 saturated heterocycles. The van der Waals surface area contributed by atoms with E-state index in [1.807, 2.05) is 0 Å². The lowest BCUT2D eigenvalue weighted by Crippen LogP contribution is -3.00. The standard InChI is InChI=1S/C13H22N.C10H16N.2ClH/c1-4-14(5-2,6-3)12-13-10-8-7-9-11-13;1-11(2,3)9-10-7-5-4-6-8-10;;/h7-11H,4-6,12H2,1-3H3;4-8H,9H2,1-3H3;2*1H/q2*+1;;/p-2. The number of benzene rings is 2. The second-order valence-corrected chi connectivity index (χ2v) is 7.87. The topological polar surface area (TPSA) is 0 Å². The quantitative estimate of drug-likeness (QED) is 0.509. The van der Waals surface area contributed by atoms with Gasteiger partial charge in [0, 0.05) is 11.1 Å². The molecule has 2 aromatic carbocycles. The van der Waals surface area contributed by atoms with Gasteiger partial charge in [-0.25, -0.2) is 0 Å². The summed E-state index contributed by atoms with van der Waals surface area (Å²) in [6.07, 6.45) is 0. The Labute approximate surface area is 180 Å². The number of hydrogen-bond acceptors (Lipinski definition) is 0. The molecule has 0 saturated carbocycles. The smallest absolute Gasteiger partial charge is 0.104 e. The Morgan fingerprint density at radius 3 is 1.19 bits per heavy atom. The van der Waals surface area contributed by atoms with Crippen molar-refractivity contribution >= 4 is 0 Å². The largest absolute Gasteiger partial charge is 1.00 e. The summed E-state index contributed by atoms with van der Waals surface area (Å²) in [7, 11) is 6.60.